The number of halogens is 3. The molecule has 2 amide bonds. The lowest BCUT2D eigenvalue weighted by Gasteiger charge is -2.35. The van der Waals surface area contributed by atoms with Gasteiger partial charge in [0.1, 0.15) is 18.2 Å². The highest BCUT2D eigenvalue weighted by Crippen LogP contribution is 2.19. The molecule has 1 aromatic heterocycles. The Morgan fingerprint density at radius 2 is 1.88 bits per heavy atom. The Morgan fingerprint density at radius 1 is 1.25 bits per heavy atom. The van der Waals surface area contributed by atoms with Gasteiger partial charge in [-0.2, -0.15) is 13.2 Å². The first-order chi connectivity index (χ1) is 11.2. The van der Waals surface area contributed by atoms with Gasteiger partial charge in [-0.15, -0.1) is 0 Å². The van der Waals surface area contributed by atoms with Crippen LogP contribution in [-0.4, -0.2) is 59.8 Å². The molecule has 1 fully saturated rings. The Labute approximate surface area is 139 Å². The monoisotopic (exact) mass is 345 g/mol. The van der Waals surface area contributed by atoms with Crippen LogP contribution >= 0.6 is 0 Å². The normalized spacial score (nSPS) is 15.8. The first kappa shape index (κ1) is 18.3. The molecule has 6 nitrogen and oxygen atoms in total. The van der Waals surface area contributed by atoms with Crippen LogP contribution in [0, 0.1) is 6.92 Å². The molecular formula is C15H22F3N5O. The molecule has 1 N–H and O–H groups in total. The maximum absolute atomic E-state index is 12.2. The summed E-state index contributed by atoms with van der Waals surface area (Å²) in [7, 11) is 0. The number of amides is 2. The molecule has 0 saturated carbocycles. The van der Waals surface area contributed by atoms with Crippen molar-refractivity contribution in [2.75, 3.05) is 37.6 Å². The first-order valence-electron chi connectivity index (χ1n) is 7.86. The molecule has 0 aliphatic carbocycles. The Bertz CT molecular complexity index is 583. The van der Waals surface area contributed by atoms with Crippen LogP contribution in [0.5, 0.6) is 0 Å². The lowest BCUT2D eigenvalue weighted by Crippen LogP contribution is -2.53. The molecule has 1 aliphatic heterocycles. The van der Waals surface area contributed by atoms with E-state index in [1.165, 1.54) is 4.90 Å². The van der Waals surface area contributed by atoms with Gasteiger partial charge >= 0.3 is 12.2 Å². The molecule has 0 radical (unpaired) electrons. The number of nitrogens with zero attached hydrogens (tertiary/aromatic N) is 4. The molecule has 24 heavy (non-hydrogen) atoms. The van der Waals surface area contributed by atoms with Crippen LogP contribution in [0.15, 0.2) is 6.07 Å². The number of piperazine rings is 1. The van der Waals surface area contributed by atoms with Gasteiger partial charge in [-0.3, -0.25) is 0 Å². The molecule has 0 bridgehead atoms. The van der Waals surface area contributed by atoms with Gasteiger partial charge in [-0.05, 0) is 6.92 Å². The number of urea groups is 1. The minimum atomic E-state index is -4.40. The van der Waals surface area contributed by atoms with E-state index in [4.69, 9.17) is 0 Å². The number of alkyl halides is 3. The van der Waals surface area contributed by atoms with Gasteiger partial charge in [0.15, 0.2) is 0 Å². The highest BCUT2D eigenvalue weighted by Gasteiger charge is 2.30. The van der Waals surface area contributed by atoms with Crippen molar-refractivity contribution in [3.8, 4) is 0 Å². The average molecular weight is 345 g/mol. The van der Waals surface area contributed by atoms with E-state index < -0.39 is 18.8 Å². The number of carbonyl (C=O) groups is 1. The van der Waals surface area contributed by atoms with Crippen molar-refractivity contribution >= 4 is 11.8 Å². The van der Waals surface area contributed by atoms with Crippen molar-refractivity contribution in [3.63, 3.8) is 0 Å². The summed E-state index contributed by atoms with van der Waals surface area (Å²) in [4.78, 5) is 24.1. The average Bonchev–Trinajstić information content (AvgIpc) is 2.51. The Hall–Kier alpha value is -2.06. The predicted molar refractivity (Wildman–Crippen MR) is 84.1 cm³/mol. The van der Waals surface area contributed by atoms with Gasteiger partial charge in [0, 0.05) is 43.9 Å². The fraction of sp³-hybridized carbons (Fsp3) is 0.667. The molecule has 0 spiro atoms. The van der Waals surface area contributed by atoms with Crippen LogP contribution in [0.25, 0.3) is 0 Å². The van der Waals surface area contributed by atoms with Crippen LogP contribution in [-0.2, 0) is 0 Å². The number of aryl methyl sites for hydroxylation is 1. The molecule has 1 saturated heterocycles. The van der Waals surface area contributed by atoms with Gasteiger partial charge in [0.25, 0.3) is 0 Å². The number of hydrogen-bond donors (Lipinski definition) is 1. The van der Waals surface area contributed by atoms with Gasteiger partial charge in [-0.1, -0.05) is 13.8 Å². The van der Waals surface area contributed by atoms with E-state index in [2.05, 4.69) is 9.97 Å². The van der Waals surface area contributed by atoms with E-state index in [0.717, 1.165) is 17.3 Å². The predicted octanol–water partition coefficient (Wildman–Crippen LogP) is 2.30. The zero-order chi connectivity index (χ0) is 17.9. The first-order valence-corrected chi connectivity index (χ1v) is 7.86. The highest BCUT2D eigenvalue weighted by atomic mass is 19.4. The van der Waals surface area contributed by atoms with Crippen LogP contribution < -0.4 is 10.2 Å². The van der Waals surface area contributed by atoms with Crippen LogP contribution in [0.1, 0.15) is 31.3 Å². The van der Waals surface area contributed by atoms with Crippen molar-refractivity contribution in [1.82, 2.24) is 20.2 Å². The number of nitrogens with one attached hydrogen (secondary N) is 1. The lowest BCUT2D eigenvalue weighted by atomic mass is 10.2. The molecule has 1 aromatic rings. The summed E-state index contributed by atoms with van der Waals surface area (Å²) >= 11 is 0. The summed E-state index contributed by atoms with van der Waals surface area (Å²) in [5.41, 5.74) is 0.869. The number of aromatic nitrogens is 2. The van der Waals surface area contributed by atoms with Crippen molar-refractivity contribution in [2.24, 2.45) is 0 Å². The van der Waals surface area contributed by atoms with Gasteiger partial charge < -0.3 is 15.1 Å². The van der Waals surface area contributed by atoms with Crippen molar-refractivity contribution in [1.29, 1.82) is 0 Å². The lowest BCUT2D eigenvalue weighted by molar-refractivity contribution is -0.123. The van der Waals surface area contributed by atoms with Crippen molar-refractivity contribution in [2.45, 2.75) is 32.9 Å². The second kappa shape index (κ2) is 7.23. The molecule has 0 aromatic carbocycles. The van der Waals surface area contributed by atoms with E-state index in [-0.39, 0.29) is 5.92 Å². The summed E-state index contributed by atoms with van der Waals surface area (Å²) in [6.07, 6.45) is -4.40. The second-order valence-corrected chi connectivity index (χ2v) is 6.13. The number of anilines is 1. The number of rotatable bonds is 3. The highest BCUT2D eigenvalue weighted by molar-refractivity contribution is 5.74. The molecule has 134 valence electrons. The van der Waals surface area contributed by atoms with Crippen molar-refractivity contribution in [3.05, 3.63) is 17.6 Å². The molecule has 2 heterocycles. The maximum atomic E-state index is 12.2. The molecule has 2 rings (SSSR count). The number of hydrogen-bond acceptors (Lipinski definition) is 4. The Balaban J connectivity index is 1.94. The Kier molecular flexibility index (Phi) is 5.51. The fourth-order valence-corrected chi connectivity index (χ4v) is 2.42. The quantitative estimate of drug-likeness (QED) is 0.913. The minimum Gasteiger partial charge on any atom is -0.353 e. The molecule has 0 unspecified atom stereocenters. The third-order valence-corrected chi connectivity index (χ3v) is 3.71. The van der Waals surface area contributed by atoms with Gasteiger partial charge in [-0.25, -0.2) is 14.8 Å². The van der Waals surface area contributed by atoms with E-state index >= 15 is 0 Å². The summed E-state index contributed by atoms with van der Waals surface area (Å²) in [6, 6.07) is 1.19. The third kappa shape index (κ3) is 4.97. The standard InChI is InChI=1S/C15H22F3N5O/c1-10(2)13-20-11(3)8-12(21-13)22-4-6-23(7-5-22)14(24)19-9-15(16,17)18/h8,10H,4-7,9H2,1-3H3,(H,19,24). The van der Waals surface area contributed by atoms with Crippen LogP contribution in [0.4, 0.5) is 23.8 Å². The summed E-state index contributed by atoms with van der Waals surface area (Å²) in [5.74, 6) is 1.76. The smallest absolute Gasteiger partial charge is 0.353 e. The van der Waals surface area contributed by atoms with Gasteiger partial charge in [0.05, 0.1) is 0 Å². The van der Waals surface area contributed by atoms with E-state index in [9.17, 15) is 18.0 Å². The maximum Gasteiger partial charge on any atom is 0.405 e. The second-order valence-electron chi connectivity index (χ2n) is 6.13. The van der Waals surface area contributed by atoms with Gasteiger partial charge in [0.2, 0.25) is 0 Å². The summed E-state index contributed by atoms with van der Waals surface area (Å²) in [6.45, 7) is 6.37. The summed E-state index contributed by atoms with van der Waals surface area (Å²) < 4.78 is 36.5. The molecule has 0 atom stereocenters. The minimum absolute atomic E-state index is 0.207. The van der Waals surface area contributed by atoms with Crippen molar-refractivity contribution < 1.29 is 18.0 Å². The van der Waals surface area contributed by atoms with E-state index in [0.29, 0.717) is 26.2 Å². The zero-order valence-electron chi connectivity index (χ0n) is 14.0. The third-order valence-electron chi connectivity index (χ3n) is 3.71. The van der Waals surface area contributed by atoms with Crippen LogP contribution in [0.2, 0.25) is 0 Å². The molecule has 1 aliphatic rings. The topological polar surface area (TPSA) is 61.4 Å². The SMILES string of the molecule is Cc1cc(N2CCN(C(=O)NCC(F)(F)F)CC2)nc(C(C)C)n1. The van der Waals surface area contributed by atoms with E-state index in [1.54, 1.807) is 0 Å². The van der Waals surface area contributed by atoms with E-state index in [1.807, 2.05) is 37.1 Å². The Morgan fingerprint density at radius 3 is 2.42 bits per heavy atom. The summed E-state index contributed by atoms with van der Waals surface area (Å²) in [5, 5.41) is 1.90. The molecule has 9 heteroatoms. The number of carbonyl (C=O) groups excluding carboxylic acids is 1. The fourth-order valence-electron chi connectivity index (χ4n) is 2.42. The van der Waals surface area contributed by atoms with Crippen LogP contribution in [0.3, 0.4) is 0 Å². The largest absolute Gasteiger partial charge is 0.405 e. The molecular weight excluding hydrogens is 323 g/mol. The zero-order valence-corrected chi connectivity index (χ0v) is 14.0.